The quantitative estimate of drug-likeness (QED) is 0.902. The van der Waals surface area contributed by atoms with E-state index in [9.17, 15) is 18.0 Å². The molecule has 0 aliphatic rings. The molecule has 2 aromatic rings. The Morgan fingerprint density at radius 3 is 2.71 bits per heavy atom. The lowest BCUT2D eigenvalue weighted by atomic mass is 10.1. The summed E-state index contributed by atoms with van der Waals surface area (Å²) >= 11 is 0. The molecule has 0 saturated heterocycles. The number of nitriles is 1. The first-order valence-corrected chi connectivity index (χ1v) is 5.46. The number of halogens is 3. The molecule has 0 fully saturated rings. The smallest absolute Gasteiger partial charge is 0.406 e. The van der Waals surface area contributed by atoms with Crippen LogP contribution in [0.25, 0.3) is 11.3 Å². The Kier molecular flexibility index (Phi) is 3.54. The summed E-state index contributed by atoms with van der Waals surface area (Å²) in [6.45, 7) is 0. The Morgan fingerprint density at radius 2 is 2.14 bits per heavy atom. The van der Waals surface area contributed by atoms with Gasteiger partial charge in [0.05, 0.1) is 0 Å². The highest BCUT2D eigenvalue weighted by molar-refractivity contribution is 5.97. The molecular formula is C12H7F3N4O2. The number of imidazole rings is 1. The maximum absolute atomic E-state index is 12.2. The molecule has 108 valence electrons. The zero-order chi connectivity index (χ0) is 15.6. The molecule has 1 amide bonds. The van der Waals surface area contributed by atoms with Crippen LogP contribution in [0.2, 0.25) is 0 Å². The van der Waals surface area contributed by atoms with Crippen molar-refractivity contribution in [2.24, 2.45) is 5.73 Å². The Morgan fingerprint density at radius 1 is 1.43 bits per heavy atom. The average molecular weight is 296 g/mol. The fourth-order valence-electron chi connectivity index (χ4n) is 1.65. The second kappa shape index (κ2) is 5.16. The van der Waals surface area contributed by atoms with E-state index in [1.807, 2.05) is 0 Å². The highest BCUT2D eigenvalue weighted by Gasteiger charge is 2.31. The Bertz CT molecular complexity index is 731. The van der Waals surface area contributed by atoms with Crippen molar-refractivity contribution in [2.45, 2.75) is 6.36 Å². The highest BCUT2D eigenvalue weighted by atomic mass is 19.4. The number of aromatic nitrogens is 2. The van der Waals surface area contributed by atoms with E-state index in [-0.39, 0.29) is 22.8 Å². The van der Waals surface area contributed by atoms with Crippen LogP contribution in [0.3, 0.4) is 0 Å². The molecule has 0 aliphatic heterocycles. The van der Waals surface area contributed by atoms with Crippen LogP contribution < -0.4 is 10.5 Å². The third-order valence-corrected chi connectivity index (χ3v) is 2.40. The molecule has 1 aromatic carbocycles. The van der Waals surface area contributed by atoms with E-state index < -0.39 is 18.0 Å². The van der Waals surface area contributed by atoms with E-state index in [1.165, 1.54) is 12.1 Å². The van der Waals surface area contributed by atoms with Crippen LogP contribution in [0.1, 0.15) is 16.3 Å². The average Bonchev–Trinajstić information content (AvgIpc) is 2.81. The number of hydrogen-bond donors (Lipinski definition) is 2. The SMILES string of the molecule is N#Cc1nc(-c2cccc(OC(F)(F)F)c2)c(C(N)=O)[nH]1. The van der Waals surface area contributed by atoms with E-state index in [0.717, 1.165) is 12.1 Å². The van der Waals surface area contributed by atoms with Crippen LogP contribution in [0.4, 0.5) is 13.2 Å². The molecule has 0 saturated carbocycles. The maximum Gasteiger partial charge on any atom is 0.573 e. The maximum atomic E-state index is 12.2. The number of alkyl halides is 3. The number of amides is 1. The molecule has 3 N–H and O–H groups in total. The summed E-state index contributed by atoms with van der Waals surface area (Å²) in [7, 11) is 0. The Hall–Kier alpha value is -3.02. The van der Waals surface area contributed by atoms with Gasteiger partial charge in [-0.05, 0) is 12.1 Å². The second-order valence-corrected chi connectivity index (χ2v) is 3.86. The number of carbonyl (C=O) groups is 1. The van der Waals surface area contributed by atoms with Crippen LogP contribution in [0.5, 0.6) is 5.75 Å². The van der Waals surface area contributed by atoms with Gasteiger partial charge < -0.3 is 15.5 Å². The summed E-state index contributed by atoms with van der Waals surface area (Å²) in [5.74, 6) is -1.54. The molecule has 9 heteroatoms. The number of benzene rings is 1. The molecule has 0 atom stereocenters. The van der Waals surface area contributed by atoms with Crippen molar-refractivity contribution in [1.29, 1.82) is 5.26 Å². The van der Waals surface area contributed by atoms with Gasteiger partial charge in [-0.1, -0.05) is 12.1 Å². The summed E-state index contributed by atoms with van der Waals surface area (Å²) in [5.41, 5.74) is 5.09. The normalized spacial score (nSPS) is 11.0. The topological polar surface area (TPSA) is 105 Å². The summed E-state index contributed by atoms with van der Waals surface area (Å²) in [6, 6.07) is 6.52. The number of nitrogens with two attached hydrogens (primary N) is 1. The van der Waals surface area contributed by atoms with Crippen molar-refractivity contribution in [1.82, 2.24) is 9.97 Å². The minimum absolute atomic E-state index is 0.0216. The lowest BCUT2D eigenvalue weighted by Gasteiger charge is -2.09. The van der Waals surface area contributed by atoms with Crippen molar-refractivity contribution < 1.29 is 22.7 Å². The van der Waals surface area contributed by atoms with Gasteiger partial charge in [-0.25, -0.2) is 4.98 Å². The van der Waals surface area contributed by atoms with Gasteiger partial charge in [0.15, 0.2) is 0 Å². The van der Waals surface area contributed by atoms with Crippen molar-refractivity contribution >= 4 is 5.91 Å². The summed E-state index contributed by atoms with van der Waals surface area (Å²) in [5, 5.41) is 8.74. The standard InChI is InChI=1S/C12H7F3N4O2/c13-12(14,15)21-7-3-1-2-6(4-7)9-10(11(17)20)19-8(5-16)18-9/h1-4H,(H2,17,20)(H,18,19). The van der Waals surface area contributed by atoms with Crippen LogP contribution in [0.15, 0.2) is 24.3 Å². The minimum Gasteiger partial charge on any atom is -0.406 e. The van der Waals surface area contributed by atoms with Gasteiger partial charge in [0.2, 0.25) is 5.82 Å². The number of aromatic amines is 1. The third kappa shape index (κ3) is 3.30. The molecule has 0 bridgehead atoms. The number of primary amides is 1. The largest absolute Gasteiger partial charge is 0.573 e. The van der Waals surface area contributed by atoms with Gasteiger partial charge in [-0.15, -0.1) is 13.2 Å². The first-order chi connectivity index (χ1) is 9.80. The number of rotatable bonds is 3. The summed E-state index contributed by atoms with van der Waals surface area (Å²) in [4.78, 5) is 17.5. The molecule has 0 aliphatic carbocycles. The van der Waals surface area contributed by atoms with Crippen molar-refractivity contribution in [3.05, 3.63) is 35.8 Å². The molecule has 0 radical (unpaired) electrons. The first-order valence-electron chi connectivity index (χ1n) is 5.46. The summed E-state index contributed by atoms with van der Waals surface area (Å²) in [6.07, 6.45) is -4.84. The second-order valence-electron chi connectivity index (χ2n) is 3.86. The van der Waals surface area contributed by atoms with Gasteiger partial charge >= 0.3 is 6.36 Å². The molecule has 6 nitrogen and oxygen atoms in total. The number of nitrogens with one attached hydrogen (secondary N) is 1. The molecule has 0 unspecified atom stereocenters. The zero-order valence-corrected chi connectivity index (χ0v) is 10.2. The van der Waals surface area contributed by atoms with Gasteiger partial charge in [0, 0.05) is 5.56 Å². The number of H-pyrrole nitrogens is 1. The highest BCUT2D eigenvalue weighted by Crippen LogP contribution is 2.28. The minimum atomic E-state index is -4.84. The number of carbonyl (C=O) groups excluding carboxylic acids is 1. The lowest BCUT2D eigenvalue weighted by molar-refractivity contribution is -0.274. The van der Waals surface area contributed by atoms with E-state index in [1.54, 1.807) is 6.07 Å². The van der Waals surface area contributed by atoms with E-state index in [2.05, 4.69) is 14.7 Å². The number of ether oxygens (including phenoxy) is 1. The van der Waals surface area contributed by atoms with Crippen molar-refractivity contribution in [3.8, 4) is 23.1 Å². The molecular weight excluding hydrogens is 289 g/mol. The molecule has 1 aromatic heterocycles. The van der Waals surface area contributed by atoms with Crippen LogP contribution in [-0.4, -0.2) is 22.2 Å². The van der Waals surface area contributed by atoms with Gasteiger partial charge in [-0.2, -0.15) is 5.26 Å². The van der Waals surface area contributed by atoms with E-state index in [4.69, 9.17) is 11.0 Å². The third-order valence-electron chi connectivity index (χ3n) is 2.40. The molecule has 1 heterocycles. The van der Waals surface area contributed by atoms with Gasteiger partial charge in [0.1, 0.15) is 23.2 Å². The first kappa shape index (κ1) is 14.4. The van der Waals surface area contributed by atoms with Crippen molar-refractivity contribution in [2.75, 3.05) is 0 Å². The lowest BCUT2D eigenvalue weighted by Crippen LogP contribution is -2.17. The monoisotopic (exact) mass is 296 g/mol. The molecule has 21 heavy (non-hydrogen) atoms. The van der Waals surface area contributed by atoms with E-state index >= 15 is 0 Å². The predicted molar refractivity (Wildman–Crippen MR) is 63.9 cm³/mol. The fourth-order valence-corrected chi connectivity index (χ4v) is 1.65. The summed E-state index contributed by atoms with van der Waals surface area (Å²) < 4.78 is 40.3. The predicted octanol–water partition coefficient (Wildman–Crippen LogP) is 1.95. The molecule has 2 rings (SSSR count). The van der Waals surface area contributed by atoms with Crippen LogP contribution in [0, 0.1) is 11.3 Å². The van der Waals surface area contributed by atoms with Gasteiger partial charge in [0.25, 0.3) is 5.91 Å². The van der Waals surface area contributed by atoms with Gasteiger partial charge in [-0.3, -0.25) is 4.79 Å². The van der Waals surface area contributed by atoms with E-state index in [0.29, 0.717) is 0 Å². The van der Waals surface area contributed by atoms with Crippen LogP contribution in [-0.2, 0) is 0 Å². The number of nitrogens with zero attached hydrogens (tertiary/aromatic N) is 2. The Labute approximate surface area is 116 Å². The van der Waals surface area contributed by atoms with Crippen LogP contribution >= 0.6 is 0 Å². The fraction of sp³-hybridized carbons (Fsp3) is 0.0833. The number of hydrogen-bond acceptors (Lipinski definition) is 4. The zero-order valence-electron chi connectivity index (χ0n) is 10.2. The molecule has 0 spiro atoms. The Balaban J connectivity index is 2.48. The van der Waals surface area contributed by atoms with Crippen molar-refractivity contribution in [3.63, 3.8) is 0 Å².